The minimum absolute atomic E-state index is 0. The average Bonchev–Trinajstić information content (AvgIpc) is 3.18. The lowest BCUT2D eigenvalue weighted by atomic mass is 9.79. The highest BCUT2D eigenvalue weighted by Crippen LogP contribution is 2.36. The Morgan fingerprint density at radius 1 is 1.54 bits per heavy atom. The van der Waals surface area contributed by atoms with Gasteiger partial charge in [0, 0.05) is 50.4 Å². The fourth-order valence-corrected chi connectivity index (χ4v) is 3.64. The van der Waals surface area contributed by atoms with Gasteiger partial charge in [0.05, 0.1) is 0 Å². The molecule has 1 unspecified atom stereocenters. The quantitative estimate of drug-likeness (QED) is 0.391. The molecule has 0 aromatic carbocycles. The van der Waals surface area contributed by atoms with Crippen LogP contribution in [0, 0.1) is 5.41 Å². The third kappa shape index (κ3) is 4.63. The lowest BCUT2D eigenvalue weighted by Crippen LogP contribution is -2.51. The number of aliphatic imine (C=N–C) groups is 1. The molecular formula is C16H25F2IN6O. The first kappa shape index (κ1) is 20.8. The topological polar surface area (TPSA) is 74.6 Å². The largest absolute Gasteiger partial charge is 0.357 e. The Labute approximate surface area is 168 Å². The molecule has 3 rings (SSSR count). The number of guanidine groups is 1. The normalized spacial score (nSPS) is 23.3. The molecule has 2 saturated heterocycles. The summed E-state index contributed by atoms with van der Waals surface area (Å²) < 4.78 is 26.7. The third-order valence-electron chi connectivity index (χ3n) is 4.82. The summed E-state index contributed by atoms with van der Waals surface area (Å²) in [5.41, 5.74) is -0.0486. The molecule has 1 spiro atoms. The second-order valence-corrected chi connectivity index (χ2v) is 6.68. The van der Waals surface area contributed by atoms with Crippen LogP contribution in [0.25, 0.3) is 0 Å². The number of nitrogens with one attached hydrogen (secondary N) is 2. The number of nitrogens with zero attached hydrogens (tertiary/aromatic N) is 4. The zero-order chi connectivity index (χ0) is 17.9. The third-order valence-corrected chi connectivity index (χ3v) is 4.82. The van der Waals surface area contributed by atoms with Crippen molar-refractivity contribution in [3.8, 4) is 0 Å². The van der Waals surface area contributed by atoms with E-state index in [9.17, 15) is 13.6 Å². The highest BCUT2D eigenvalue weighted by atomic mass is 127. The standard InChI is InChI=1S/C16H24F2N6O.HI/c1-2-19-15(21-9-12-20-5-7-24(12)14(17)18)23-6-3-4-16(11-23)8-13(25)22-10-16;/h5,7,14H,2-4,6,8-11H2,1H3,(H,19,21)(H,22,25);1H. The van der Waals surface area contributed by atoms with Crippen LogP contribution < -0.4 is 10.6 Å². The molecule has 0 saturated carbocycles. The van der Waals surface area contributed by atoms with Crippen LogP contribution >= 0.6 is 24.0 Å². The molecule has 2 fully saturated rings. The van der Waals surface area contributed by atoms with Crippen molar-refractivity contribution in [1.29, 1.82) is 0 Å². The highest BCUT2D eigenvalue weighted by Gasteiger charge is 2.42. The minimum atomic E-state index is -2.62. The van der Waals surface area contributed by atoms with Crippen LogP contribution in [-0.4, -0.2) is 52.5 Å². The number of carbonyl (C=O) groups excluding carboxylic acids is 1. The number of aromatic nitrogens is 2. The van der Waals surface area contributed by atoms with Gasteiger partial charge in [0.15, 0.2) is 5.96 Å². The van der Waals surface area contributed by atoms with Crippen molar-refractivity contribution in [1.82, 2.24) is 25.1 Å². The summed E-state index contributed by atoms with van der Waals surface area (Å²) in [4.78, 5) is 22.2. The van der Waals surface area contributed by atoms with Crippen molar-refractivity contribution < 1.29 is 13.6 Å². The van der Waals surface area contributed by atoms with Gasteiger partial charge in [-0.1, -0.05) is 0 Å². The molecule has 146 valence electrons. The number of hydrogen-bond donors (Lipinski definition) is 2. The molecule has 26 heavy (non-hydrogen) atoms. The van der Waals surface area contributed by atoms with Gasteiger partial charge >= 0.3 is 6.55 Å². The maximum atomic E-state index is 12.9. The van der Waals surface area contributed by atoms with E-state index in [2.05, 4.69) is 25.5 Å². The monoisotopic (exact) mass is 482 g/mol. The fraction of sp³-hybridized carbons (Fsp3) is 0.688. The Kier molecular flexibility index (Phi) is 7.18. The van der Waals surface area contributed by atoms with Gasteiger partial charge in [0.2, 0.25) is 5.91 Å². The predicted octanol–water partition coefficient (Wildman–Crippen LogP) is 1.96. The molecule has 7 nitrogen and oxygen atoms in total. The van der Waals surface area contributed by atoms with Crippen molar-refractivity contribution in [3.05, 3.63) is 18.2 Å². The van der Waals surface area contributed by atoms with E-state index >= 15 is 0 Å². The summed E-state index contributed by atoms with van der Waals surface area (Å²) in [6, 6.07) is 0. The van der Waals surface area contributed by atoms with Crippen molar-refractivity contribution >= 4 is 35.8 Å². The number of rotatable bonds is 4. The fourth-order valence-electron chi connectivity index (χ4n) is 3.64. The van der Waals surface area contributed by atoms with Gasteiger partial charge in [0.1, 0.15) is 12.4 Å². The number of carbonyl (C=O) groups is 1. The van der Waals surface area contributed by atoms with Crippen molar-refractivity contribution in [2.45, 2.75) is 39.3 Å². The summed E-state index contributed by atoms with van der Waals surface area (Å²) in [5, 5.41) is 6.15. The van der Waals surface area contributed by atoms with Gasteiger partial charge in [-0.3, -0.25) is 9.36 Å². The molecule has 1 atom stereocenters. The lowest BCUT2D eigenvalue weighted by Gasteiger charge is -2.40. The summed E-state index contributed by atoms with van der Waals surface area (Å²) in [5.74, 6) is 1.02. The molecule has 1 aromatic heterocycles. The van der Waals surface area contributed by atoms with Gasteiger partial charge in [-0.05, 0) is 19.8 Å². The first-order valence-electron chi connectivity index (χ1n) is 8.63. The van der Waals surface area contributed by atoms with Crippen LogP contribution in [0.3, 0.4) is 0 Å². The summed E-state index contributed by atoms with van der Waals surface area (Å²) in [6.45, 7) is 2.38. The summed E-state index contributed by atoms with van der Waals surface area (Å²) in [7, 11) is 0. The number of amides is 1. The molecule has 2 aliphatic rings. The number of imidazole rings is 1. The van der Waals surface area contributed by atoms with Gasteiger partial charge in [-0.15, -0.1) is 24.0 Å². The Bertz CT molecular complexity index is 652. The first-order valence-corrected chi connectivity index (χ1v) is 8.63. The van der Waals surface area contributed by atoms with Crippen molar-refractivity contribution in [2.75, 3.05) is 26.2 Å². The highest BCUT2D eigenvalue weighted by molar-refractivity contribution is 14.0. The number of likely N-dealkylation sites (tertiary alicyclic amines) is 1. The molecule has 10 heteroatoms. The Hall–Kier alpha value is -1.46. The second kappa shape index (κ2) is 8.96. The van der Waals surface area contributed by atoms with Crippen LogP contribution in [0.15, 0.2) is 17.4 Å². The van der Waals surface area contributed by atoms with Gasteiger partial charge in [-0.25, -0.2) is 9.98 Å². The van der Waals surface area contributed by atoms with Crippen LogP contribution in [0.2, 0.25) is 0 Å². The Balaban J connectivity index is 0.00000243. The van der Waals surface area contributed by atoms with Gasteiger partial charge in [-0.2, -0.15) is 8.78 Å². The van der Waals surface area contributed by atoms with E-state index < -0.39 is 6.55 Å². The van der Waals surface area contributed by atoms with E-state index in [1.165, 1.54) is 12.4 Å². The number of piperidine rings is 1. The van der Waals surface area contributed by atoms with E-state index in [4.69, 9.17) is 0 Å². The number of alkyl halides is 2. The molecule has 2 N–H and O–H groups in total. The van der Waals surface area contributed by atoms with E-state index in [-0.39, 0.29) is 47.7 Å². The van der Waals surface area contributed by atoms with Gasteiger partial charge < -0.3 is 15.5 Å². The number of hydrogen-bond acceptors (Lipinski definition) is 3. The molecule has 0 bridgehead atoms. The molecule has 0 aliphatic carbocycles. The van der Waals surface area contributed by atoms with E-state index in [1.54, 1.807) is 0 Å². The Morgan fingerprint density at radius 3 is 3.00 bits per heavy atom. The molecule has 1 amide bonds. The molecule has 0 radical (unpaired) electrons. The predicted molar refractivity (Wildman–Crippen MR) is 105 cm³/mol. The molecule has 2 aliphatic heterocycles. The van der Waals surface area contributed by atoms with Crippen LogP contribution in [-0.2, 0) is 11.3 Å². The minimum Gasteiger partial charge on any atom is -0.357 e. The first-order chi connectivity index (χ1) is 12.0. The summed E-state index contributed by atoms with van der Waals surface area (Å²) in [6.07, 6.45) is 5.14. The van der Waals surface area contributed by atoms with Crippen molar-refractivity contribution in [2.24, 2.45) is 10.4 Å². The second-order valence-electron chi connectivity index (χ2n) is 6.68. The zero-order valence-corrected chi connectivity index (χ0v) is 17.1. The lowest BCUT2D eigenvalue weighted by molar-refractivity contribution is -0.119. The summed E-state index contributed by atoms with van der Waals surface area (Å²) >= 11 is 0. The number of halogens is 3. The smallest absolute Gasteiger partial charge is 0.319 e. The van der Waals surface area contributed by atoms with Gasteiger partial charge in [0.25, 0.3) is 0 Å². The van der Waals surface area contributed by atoms with E-state index in [0.29, 0.717) is 25.5 Å². The SMILES string of the molecule is CCNC(=NCc1nccn1C(F)F)N1CCCC2(CNC(=O)C2)C1.I. The van der Waals surface area contributed by atoms with Crippen LogP contribution in [0.4, 0.5) is 8.78 Å². The average molecular weight is 482 g/mol. The molecule has 3 heterocycles. The molecule has 1 aromatic rings. The van der Waals surface area contributed by atoms with E-state index in [0.717, 1.165) is 30.5 Å². The maximum absolute atomic E-state index is 12.9. The molecular weight excluding hydrogens is 457 g/mol. The van der Waals surface area contributed by atoms with Crippen LogP contribution in [0.5, 0.6) is 0 Å². The maximum Gasteiger partial charge on any atom is 0.319 e. The van der Waals surface area contributed by atoms with Crippen molar-refractivity contribution in [3.63, 3.8) is 0 Å². The Morgan fingerprint density at radius 2 is 2.35 bits per heavy atom. The van der Waals surface area contributed by atoms with Crippen LogP contribution in [0.1, 0.15) is 38.6 Å². The zero-order valence-electron chi connectivity index (χ0n) is 14.8. The van der Waals surface area contributed by atoms with E-state index in [1.807, 2.05) is 6.92 Å².